The van der Waals surface area contributed by atoms with Gasteiger partial charge in [-0.3, -0.25) is 19.7 Å². The highest BCUT2D eigenvalue weighted by atomic mass is 28.4. The smallest absolute Gasteiger partial charge is 0.338 e. The number of ether oxygens (including phenoxy) is 6. The fourth-order valence-corrected chi connectivity index (χ4v) is 11.9. The van der Waals surface area contributed by atoms with Gasteiger partial charge >= 0.3 is 17.9 Å². The molecule has 2 aliphatic heterocycles. The zero-order valence-electron chi connectivity index (χ0n) is 41.4. The number of nitro groups is 1. The minimum absolute atomic E-state index is 0.00650. The number of carbonyl (C=O) groups excluding carboxylic acids is 2. The molecule has 12 unspecified atom stereocenters. The van der Waals surface area contributed by atoms with E-state index < -0.39 is 67.2 Å². The quantitative estimate of drug-likeness (QED) is 0.0128. The summed E-state index contributed by atoms with van der Waals surface area (Å²) >= 11 is 0. The van der Waals surface area contributed by atoms with E-state index in [9.17, 15) is 29.6 Å². The number of aliphatic carboxylic acids is 1. The lowest BCUT2D eigenvalue weighted by Crippen LogP contribution is -2.51. The van der Waals surface area contributed by atoms with Gasteiger partial charge in [-0.1, -0.05) is 91.0 Å². The molecular weight excluding hydrogens is 875 g/mol. The number of non-ortho nitro benzene ring substituents is 1. The molecule has 0 spiro atoms. The number of rotatable bonds is 23. The number of hydrogen-bond donors (Lipinski definition) is 1. The summed E-state index contributed by atoms with van der Waals surface area (Å²) in [6, 6.07) is 16.9. The number of nitrogens with zero attached hydrogens (tertiary/aromatic N) is 1. The summed E-state index contributed by atoms with van der Waals surface area (Å²) in [6.45, 7) is 21.9. The highest BCUT2D eigenvalue weighted by molar-refractivity contribution is 6.73. The molecule has 12 atom stereocenters. The number of benzene rings is 2. The molecule has 0 aromatic heterocycles. The molecule has 2 aromatic rings. The number of carboxylic acids is 1. The van der Waals surface area contributed by atoms with E-state index >= 15 is 0 Å². The zero-order chi connectivity index (χ0) is 49.5. The van der Waals surface area contributed by atoms with Gasteiger partial charge in [0.2, 0.25) is 0 Å². The maximum atomic E-state index is 14.4. The van der Waals surface area contributed by atoms with Gasteiger partial charge in [-0.15, -0.1) is 0 Å². The van der Waals surface area contributed by atoms with Crippen LogP contribution in [0.4, 0.5) is 5.69 Å². The molecule has 1 N–H and O–H groups in total. The summed E-state index contributed by atoms with van der Waals surface area (Å²) in [4.78, 5) is 51.5. The number of carboxylic acid groups (broad SMARTS) is 1. The van der Waals surface area contributed by atoms with Crippen LogP contribution in [0.1, 0.15) is 112 Å². The molecule has 370 valence electrons. The van der Waals surface area contributed by atoms with Crippen LogP contribution in [0.25, 0.3) is 0 Å². The van der Waals surface area contributed by atoms with Crippen LogP contribution >= 0.6 is 0 Å². The molecule has 2 aromatic carbocycles. The van der Waals surface area contributed by atoms with Crippen LogP contribution in [0, 0.1) is 33.8 Å². The maximum Gasteiger partial charge on any atom is 0.338 e. The monoisotopic (exact) mass is 950 g/mol. The summed E-state index contributed by atoms with van der Waals surface area (Å²) in [5, 5.41) is 22.3. The first kappa shape index (κ1) is 54.9. The minimum atomic E-state index is -2.51. The van der Waals surface area contributed by atoms with Crippen molar-refractivity contribution >= 4 is 31.9 Å². The third kappa shape index (κ3) is 15.4. The van der Waals surface area contributed by atoms with E-state index in [0.29, 0.717) is 29.9 Å². The van der Waals surface area contributed by atoms with Crippen molar-refractivity contribution in [3.05, 3.63) is 106 Å². The Hall–Kier alpha value is -4.67. The van der Waals surface area contributed by atoms with Crippen LogP contribution in [0.5, 0.6) is 5.75 Å². The molecule has 15 heteroatoms. The molecule has 0 amide bonds. The van der Waals surface area contributed by atoms with Gasteiger partial charge in [-0.25, -0.2) is 4.79 Å². The molecule has 14 nitrogen and oxygen atoms in total. The van der Waals surface area contributed by atoms with Gasteiger partial charge < -0.3 is 38.0 Å². The fourth-order valence-electron chi connectivity index (χ4n) is 9.02. The minimum Gasteiger partial charge on any atom is -0.483 e. The van der Waals surface area contributed by atoms with Crippen LogP contribution in [0.2, 0.25) is 18.1 Å². The highest BCUT2D eigenvalue weighted by Crippen LogP contribution is 2.39. The van der Waals surface area contributed by atoms with Gasteiger partial charge in [0.25, 0.3) is 5.69 Å². The summed E-state index contributed by atoms with van der Waals surface area (Å²) in [5.74, 6) is -4.22. The number of hydrogen-bond acceptors (Lipinski definition) is 12. The first-order valence-corrected chi connectivity index (χ1v) is 26.6. The van der Waals surface area contributed by atoms with Crippen LogP contribution in [-0.2, 0) is 37.7 Å². The second-order valence-electron chi connectivity index (χ2n) is 18.3. The Morgan fingerprint density at radius 1 is 1.00 bits per heavy atom. The van der Waals surface area contributed by atoms with E-state index in [1.807, 2.05) is 97.9 Å². The van der Waals surface area contributed by atoms with E-state index in [-0.39, 0.29) is 54.6 Å². The van der Waals surface area contributed by atoms with E-state index in [0.717, 1.165) is 24.6 Å². The van der Waals surface area contributed by atoms with E-state index in [4.69, 9.17) is 32.8 Å². The van der Waals surface area contributed by atoms with Crippen molar-refractivity contribution in [1.82, 2.24) is 0 Å². The van der Waals surface area contributed by atoms with Gasteiger partial charge in [-0.05, 0) is 113 Å². The van der Waals surface area contributed by atoms with Gasteiger partial charge in [-0.2, -0.15) is 0 Å². The lowest BCUT2D eigenvalue weighted by atomic mass is 9.86. The fraction of sp³-hybridized carbons (Fsp3) is 0.596. The highest BCUT2D eigenvalue weighted by Gasteiger charge is 2.48. The Kier molecular flexibility index (Phi) is 21.0. The van der Waals surface area contributed by atoms with Crippen molar-refractivity contribution in [2.45, 2.75) is 168 Å². The second-order valence-corrected chi connectivity index (χ2v) is 23.0. The first-order valence-electron chi connectivity index (χ1n) is 24.1. The molecular formula is C52H75NO13Si. The molecule has 0 aliphatic carbocycles. The van der Waals surface area contributed by atoms with E-state index in [1.165, 1.54) is 24.3 Å². The van der Waals surface area contributed by atoms with Gasteiger partial charge in [0.15, 0.2) is 20.5 Å². The van der Waals surface area contributed by atoms with Crippen LogP contribution in [0.15, 0.2) is 90.6 Å². The number of esters is 2. The van der Waals surface area contributed by atoms with Crippen LogP contribution < -0.4 is 4.74 Å². The Bertz CT molecular complexity index is 1990. The Morgan fingerprint density at radius 3 is 2.24 bits per heavy atom. The summed E-state index contributed by atoms with van der Waals surface area (Å²) in [5.41, 5.74) is -0.0693. The number of carbonyl (C=O) groups is 3. The van der Waals surface area contributed by atoms with Crippen LogP contribution in [0.3, 0.4) is 0 Å². The normalized spacial score (nSPS) is 27.4. The molecule has 1 fully saturated rings. The van der Waals surface area contributed by atoms with Crippen molar-refractivity contribution in [2.24, 2.45) is 23.7 Å². The molecule has 2 aliphatic rings. The standard InChI is InChI=1S/C52H75NO13Si/c1-12-42(63-50(56)39-23-18-17-19-24-39)37(9)48-44(62-48)33-34(6)21-20-22-35(7)47-36(8)25-30-45(61-41-28-26-40(27-29-41)53(58)59)52(11,65-38(10)60-13-2)32-31-43(46(49(54)55)51(57)64-47)66-67(14-3,15-4)16-5/h17-30,34,36-38,42-48H,12-16,31-33H2,1-11H3,(H,54,55)/b21-20+,30-25-,35-22+. The average molecular weight is 950 g/mol. The average Bonchev–Trinajstić information content (AvgIpc) is 4.07. The number of epoxide rings is 1. The topological polar surface area (TPSA) is 182 Å². The van der Waals surface area contributed by atoms with Crippen molar-refractivity contribution in [2.75, 3.05) is 6.61 Å². The predicted molar refractivity (Wildman–Crippen MR) is 259 cm³/mol. The van der Waals surface area contributed by atoms with E-state index in [2.05, 4.69) is 19.9 Å². The van der Waals surface area contributed by atoms with Crippen LogP contribution in [-0.4, -0.2) is 91.4 Å². The Labute approximate surface area is 398 Å². The van der Waals surface area contributed by atoms with Crippen molar-refractivity contribution < 1.29 is 57.3 Å². The first-order chi connectivity index (χ1) is 31.8. The molecule has 4 rings (SSSR count). The van der Waals surface area contributed by atoms with Crippen molar-refractivity contribution in [3.8, 4) is 5.75 Å². The second kappa shape index (κ2) is 25.6. The Morgan fingerprint density at radius 2 is 1.66 bits per heavy atom. The molecule has 0 bridgehead atoms. The summed E-state index contributed by atoms with van der Waals surface area (Å²) < 4.78 is 44.4. The van der Waals surface area contributed by atoms with Crippen molar-refractivity contribution in [3.63, 3.8) is 0 Å². The predicted octanol–water partition coefficient (Wildman–Crippen LogP) is 11.1. The number of nitro benzene ring substituents is 1. The van der Waals surface area contributed by atoms with Crippen molar-refractivity contribution in [1.29, 1.82) is 0 Å². The van der Waals surface area contributed by atoms with E-state index in [1.54, 1.807) is 19.1 Å². The Balaban J connectivity index is 1.66. The molecule has 2 heterocycles. The molecule has 1 saturated heterocycles. The lowest BCUT2D eigenvalue weighted by Gasteiger charge is -2.41. The van der Waals surface area contributed by atoms with Gasteiger partial charge in [0.1, 0.15) is 29.7 Å². The van der Waals surface area contributed by atoms with Gasteiger partial charge in [0, 0.05) is 30.6 Å². The maximum absolute atomic E-state index is 14.4. The largest absolute Gasteiger partial charge is 0.483 e. The number of allylic oxidation sites excluding steroid dienone is 3. The SMILES string of the molecule is CCOC(C)OC1(C)CCC(O[Si](CC)(CC)CC)C(C(=O)O)C(=O)OC(/C(C)=C/C=C/C(C)CC2OC2C(C)C(CC)OC(=O)c2ccccc2)C(C)/C=C\C1Oc1ccc([N+](=O)[O-])cc1. The molecule has 67 heavy (non-hydrogen) atoms. The number of cyclic esters (lactones) is 1. The zero-order valence-corrected chi connectivity index (χ0v) is 42.4. The molecule has 0 radical (unpaired) electrons. The summed E-state index contributed by atoms with van der Waals surface area (Å²) in [7, 11) is -2.51. The summed E-state index contributed by atoms with van der Waals surface area (Å²) in [6.07, 6.45) is 7.52. The third-order valence-electron chi connectivity index (χ3n) is 13.5. The molecule has 0 saturated carbocycles. The lowest BCUT2D eigenvalue weighted by molar-refractivity contribution is -0.384. The third-order valence-corrected chi connectivity index (χ3v) is 18.1. The van der Waals surface area contributed by atoms with Gasteiger partial charge in [0.05, 0.1) is 28.8 Å².